The lowest BCUT2D eigenvalue weighted by molar-refractivity contribution is -0.117. The lowest BCUT2D eigenvalue weighted by Gasteiger charge is -2.22. The normalized spacial score (nSPS) is 17.2. The van der Waals surface area contributed by atoms with Gasteiger partial charge in [-0.05, 0) is 26.2 Å². The molecule has 1 aliphatic carbocycles. The zero-order chi connectivity index (χ0) is 16.8. The highest BCUT2D eigenvalue weighted by molar-refractivity contribution is 5.93. The molecule has 1 fully saturated rings. The number of rotatable bonds is 8. The molecule has 1 aromatic heterocycles. The largest absolute Gasteiger partial charge is 0.445 e. The van der Waals surface area contributed by atoms with E-state index in [1.807, 2.05) is 0 Å². The lowest BCUT2D eigenvalue weighted by atomic mass is 9.84. The Morgan fingerprint density at radius 1 is 1.22 bits per heavy atom. The van der Waals surface area contributed by atoms with Crippen molar-refractivity contribution < 1.29 is 14.0 Å². The fraction of sp³-hybridized carbons (Fsp3) is 0.737. The first-order chi connectivity index (χ1) is 11.0. The van der Waals surface area contributed by atoms with Gasteiger partial charge in [-0.25, -0.2) is 4.98 Å². The molecule has 23 heavy (non-hydrogen) atoms. The summed E-state index contributed by atoms with van der Waals surface area (Å²) in [7, 11) is 0. The first kappa shape index (κ1) is 17.9. The van der Waals surface area contributed by atoms with Crippen LogP contribution < -0.4 is 0 Å². The Labute approximate surface area is 139 Å². The van der Waals surface area contributed by atoms with Crippen molar-refractivity contribution in [1.82, 2.24) is 4.98 Å². The second-order valence-corrected chi connectivity index (χ2v) is 7.05. The molecular formula is C19H29NO3. The molecule has 1 atom stereocenters. The fourth-order valence-corrected chi connectivity index (χ4v) is 3.71. The topological polar surface area (TPSA) is 60.2 Å². The van der Waals surface area contributed by atoms with Gasteiger partial charge in [0.25, 0.3) is 0 Å². The molecule has 0 aromatic carbocycles. The molecule has 1 aliphatic rings. The van der Waals surface area contributed by atoms with Crippen LogP contribution in [0.3, 0.4) is 0 Å². The molecule has 1 aromatic rings. The fourth-order valence-electron chi connectivity index (χ4n) is 3.71. The van der Waals surface area contributed by atoms with E-state index in [4.69, 9.17) is 4.42 Å². The summed E-state index contributed by atoms with van der Waals surface area (Å²) in [5.74, 6) is 2.04. The average molecular weight is 319 g/mol. The molecule has 4 nitrogen and oxygen atoms in total. The Balaban J connectivity index is 1.97. The Bertz CT molecular complexity index is 541. The standard InChI is InChI=1S/C19H29NO3/c1-13(21)12-17(11-7-10-16-8-5-4-6-9-16)19-20-18(14(2)22)15(3)23-19/h16-17H,4-12H2,1-3H3/t17-/m1/s1. The monoisotopic (exact) mass is 319 g/mol. The summed E-state index contributed by atoms with van der Waals surface area (Å²) in [6, 6.07) is 0. The zero-order valence-corrected chi connectivity index (χ0v) is 14.7. The minimum atomic E-state index is -0.0821. The van der Waals surface area contributed by atoms with Crippen LogP contribution in [0.1, 0.15) is 99.7 Å². The summed E-state index contributed by atoms with van der Waals surface area (Å²) in [6.07, 6.45) is 10.5. The van der Waals surface area contributed by atoms with Crippen molar-refractivity contribution in [1.29, 1.82) is 0 Å². The van der Waals surface area contributed by atoms with Crippen molar-refractivity contribution in [2.75, 3.05) is 0 Å². The number of ketones is 2. The predicted octanol–water partition coefficient (Wildman–Crippen LogP) is 5.00. The highest BCUT2D eigenvalue weighted by atomic mass is 16.4. The van der Waals surface area contributed by atoms with Crippen LogP contribution in [-0.4, -0.2) is 16.6 Å². The van der Waals surface area contributed by atoms with Crippen LogP contribution in [-0.2, 0) is 4.79 Å². The minimum Gasteiger partial charge on any atom is -0.445 e. The SMILES string of the molecule is CC(=O)C[C@@H](CCCC1CCCCC1)c1nc(C(C)=O)c(C)o1. The second kappa shape index (κ2) is 8.42. The van der Waals surface area contributed by atoms with Crippen molar-refractivity contribution in [3.05, 3.63) is 17.3 Å². The molecule has 4 heteroatoms. The van der Waals surface area contributed by atoms with Gasteiger partial charge >= 0.3 is 0 Å². The maximum Gasteiger partial charge on any atom is 0.198 e. The number of aryl methyl sites for hydroxylation is 1. The van der Waals surface area contributed by atoms with Crippen molar-refractivity contribution in [2.45, 2.75) is 84.5 Å². The predicted molar refractivity (Wildman–Crippen MR) is 89.7 cm³/mol. The molecule has 0 aliphatic heterocycles. The van der Waals surface area contributed by atoms with E-state index in [1.165, 1.54) is 45.4 Å². The lowest BCUT2D eigenvalue weighted by Crippen LogP contribution is -2.09. The molecule has 0 radical (unpaired) electrons. The van der Waals surface area contributed by atoms with Gasteiger partial charge < -0.3 is 9.21 Å². The summed E-state index contributed by atoms with van der Waals surface area (Å²) in [5.41, 5.74) is 0.404. The third-order valence-electron chi connectivity index (χ3n) is 4.92. The first-order valence-electron chi connectivity index (χ1n) is 8.95. The third-order valence-corrected chi connectivity index (χ3v) is 4.92. The number of aromatic nitrogens is 1. The van der Waals surface area contributed by atoms with Crippen molar-refractivity contribution >= 4 is 11.6 Å². The van der Waals surface area contributed by atoms with Crippen LogP contribution in [0.2, 0.25) is 0 Å². The van der Waals surface area contributed by atoms with Gasteiger partial charge in [-0.2, -0.15) is 0 Å². The number of hydrogen-bond donors (Lipinski definition) is 0. The van der Waals surface area contributed by atoms with Crippen LogP contribution in [0.4, 0.5) is 0 Å². The highest BCUT2D eigenvalue weighted by Gasteiger charge is 2.23. The van der Waals surface area contributed by atoms with Crippen LogP contribution in [0.5, 0.6) is 0 Å². The van der Waals surface area contributed by atoms with Gasteiger partial charge in [0.1, 0.15) is 17.2 Å². The number of carbonyl (C=O) groups excluding carboxylic acids is 2. The summed E-state index contributed by atoms with van der Waals surface area (Å²) in [5, 5.41) is 0. The molecule has 0 bridgehead atoms. The van der Waals surface area contributed by atoms with Crippen LogP contribution in [0.25, 0.3) is 0 Å². The maximum atomic E-state index is 11.6. The Morgan fingerprint density at radius 3 is 2.48 bits per heavy atom. The molecule has 0 saturated heterocycles. The van der Waals surface area contributed by atoms with Gasteiger partial charge in [-0.1, -0.05) is 44.9 Å². The van der Waals surface area contributed by atoms with E-state index < -0.39 is 0 Å². The van der Waals surface area contributed by atoms with E-state index in [2.05, 4.69) is 4.98 Å². The van der Waals surface area contributed by atoms with Gasteiger partial charge in [0.05, 0.1) is 0 Å². The van der Waals surface area contributed by atoms with E-state index in [1.54, 1.807) is 13.8 Å². The second-order valence-electron chi connectivity index (χ2n) is 7.05. The summed E-state index contributed by atoms with van der Waals surface area (Å²) in [4.78, 5) is 27.5. The third kappa shape index (κ3) is 5.29. The molecule has 128 valence electrons. The number of hydrogen-bond acceptors (Lipinski definition) is 4. The van der Waals surface area contributed by atoms with Crippen LogP contribution in [0.15, 0.2) is 4.42 Å². The van der Waals surface area contributed by atoms with E-state index in [0.29, 0.717) is 23.8 Å². The van der Waals surface area contributed by atoms with Gasteiger partial charge in [0, 0.05) is 19.3 Å². The van der Waals surface area contributed by atoms with Gasteiger partial charge in [0.2, 0.25) is 0 Å². The molecule has 0 unspecified atom stereocenters. The minimum absolute atomic E-state index is 0.00268. The average Bonchev–Trinajstić information content (AvgIpc) is 2.89. The van der Waals surface area contributed by atoms with E-state index in [0.717, 1.165) is 18.8 Å². The van der Waals surface area contributed by atoms with E-state index in [9.17, 15) is 9.59 Å². The molecule has 0 amide bonds. The van der Waals surface area contributed by atoms with E-state index in [-0.39, 0.29) is 17.5 Å². The Kier molecular flexibility index (Phi) is 6.55. The first-order valence-corrected chi connectivity index (χ1v) is 8.95. The van der Waals surface area contributed by atoms with Crippen LogP contribution in [0, 0.1) is 12.8 Å². The highest BCUT2D eigenvalue weighted by Crippen LogP contribution is 2.32. The summed E-state index contributed by atoms with van der Waals surface area (Å²) < 4.78 is 5.70. The zero-order valence-electron chi connectivity index (χ0n) is 14.7. The molecule has 1 heterocycles. The van der Waals surface area contributed by atoms with Gasteiger partial charge in [-0.3, -0.25) is 4.79 Å². The van der Waals surface area contributed by atoms with Crippen LogP contribution >= 0.6 is 0 Å². The summed E-state index contributed by atoms with van der Waals surface area (Å²) >= 11 is 0. The molecular weight excluding hydrogens is 290 g/mol. The quantitative estimate of drug-likeness (QED) is 0.633. The Hall–Kier alpha value is -1.45. The summed E-state index contributed by atoms with van der Waals surface area (Å²) in [6.45, 7) is 4.87. The van der Waals surface area contributed by atoms with Crippen molar-refractivity contribution in [3.63, 3.8) is 0 Å². The number of nitrogens with zero attached hydrogens (tertiary/aromatic N) is 1. The van der Waals surface area contributed by atoms with Crippen molar-refractivity contribution in [3.8, 4) is 0 Å². The molecule has 2 rings (SSSR count). The Morgan fingerprint density at radius 2 is 1.91 bits per heavy atom. The number of carbonyl (C=O) groups is 2. The van der Waals surface area contributed by atoms with Gasteiger partial charge in [0.15, 0.2) is 11.7 Å². The van der Waals surface area contributed by atoms with E-state index >= 15 is 0 Å². The molecule has 0 N–H and O–H groups in total. The molecule has 1 saturated carbocycles. The van der Waals surface area contributed by atoms with Crippen molar-refractivity contribution in [2.24, 2.45) is 5.92 Å². The number of Topliss-reactive ketones (excluding diaryl/α,β-unsaturated/α-hetero) is 2. The smallest absolute Gasteiger partial charge is 0.198 e. The number of oxazole rings is 1. The van der Waals surface area contributed by atoms with Gasteiger partial charge in [-0.15, -0.1) is 0 Å². The molecule has 0 spiro atoms. The maximum absolute atomic E-state index is 11.6.